The molecule has 1 aliphatic rings. The monoisotopic (exact) mass is 561 g/mol. The number of thiazole rings is 1. The van der Waals surface area contributed by atoms with Crippen LogP contribution >= 0.6 is 30.5 Å². The summed E-state index contributed by atoms with van der Waals surface area (Å²) in [5, 5.41) is 0.554. The van der Waals surface area contributed by atoms with Gasteiger partial charge in [-0.2, -0.15) is 0 Å². The van der Waals surface area contributed by atoms with Crippen molar-refractivity contribution in [1.82, 2.24) is 4.98 Å². The quantitative estimate of drug-likeness (QED) is 0.259. The first kappa shape index (κ1) is 28.5. The highest BCUT2D eigenvalue weighted by Gasteiger charge is 2.30. The van der Waals surface area contributed by atoms with E-state index in [1.54, 1.807) is 38.1 Å². The van der Waals surface area contributed by atoms with E-state index in [2.05, 4.69) is 4.98 Å². The van der Waals surface area contributed by atoms with Crippen molar-refractivity contribution >= 4 is 46.2 Å². The van der Waals surface area contributed by atoms with Crippen molar-refractivity contribution < 1.29 is 26.8 Å². The number of ketones is 1. The van der Waals surface area contributed by atoms with E-state index in [1.807, 2.05) is 0 Å². The zero-order chi connectivity index (χ0) is 25.6. The van der Waals surface area contributed by atoms with Crippen LogP contribution < -0.4 is 0 Å². The maximum absolute atomic E-state index is 13.5. The van der Waals surface area contributed by atoms with Gasteiger partial charge in [-0.25, -0.2) is 13.4 Å². The van der Waals surface area contributed by atoms with E-state index in [0.717, 1.165) is 24.8 Å². The molecule has 3 rings (SSSR count). The van der Waals surface area contributed by atoms with E-state index >= 15 is 0 Å². The normalized spacial score (nSPS) is 16.0. The average molecular weight is 562 g/mol. The van der Waals surface area contributed by atoms with Crippen molar-refractivity contribution in [1.29, 1.82) is 0 Å². The third-order valence-electron chi connectivity index (χ3n) is 6.16. The van der Waals surface area contributed by atoms with E-state index in [4.69, 9.17) is 20.6 Å². The van der Waals surface area contributed by atoms with Gasteiger partial charge in [0, 0.05) is 12.2 Å². The molecular formula is C24H33ClNO6PS2. The minimum Gasteiger partial charge on any atom is -0.309 e. The van der Waals surface area contributed by atoms with Gasteiger partial charge in [0.2, 0.25) is 0 Å². The average Bonchev–Trinajstić information content (AvgIpc) is 3.41. The molecule has 0 N–H and O–H groups in total. The van der Waals surface area contributed by atoms with Crippen LogP contribution in [0.1, 0.15) is 68.1 Å². The summed E-state index contributed by atoms with van der Waals surface area (Å²) in [4.78, 5) is 18.2. The molecule has 0 radical (unpaired) electrons. The summed E-state index contributed by atoms with van der Waals surface area (Å²) in [6, 6.07) is 6.62. The SMILES string of the molecule is CCOP(=O)(Cc1nc(CC(=O)[C@H](CC2CCCC2)c2ccc(S(C)(=O)=O)cc2)sc1Cl)OCC. The lowest BCUT2D eigenvalue weighted by Crippen LogP contribution is -2.18. The van der Waals surface area contributed by atoms with Crippen LogP contribution in [0.3, 0.4) is 0 Å². The minimum atomic E-state index is -3.37. The lowest BCUT2D eigenvalue weighted by molar-refractivity contribution is -0.120. The number of aromatic nitrogens is 1. The van der Waals surface area contributed by atoms with E-state index in [-0.39, 0.29) is 42.4 Å². The Morgan fingerprint density at radius 2 is 1.77 bits per heavy atom. The first-order chi connectivity index (χ1) is 16.5. The Kier molecular flexibility index (Phi) is 10.1. The fourth-order valence-electron chi connectivity index (χ4n) is 4.51. The smallest absolute Gasteiger partial charge is 0.309 e. The Bertz CT molecular complexity index is 1150. The maximum Gasteiger partial charge on any atom is 0.336 e. The molecule has 0 bridgehead atoms. The van der Waals surface area contributed by atoms with E-state index in [1.165, 1.54) is 30.4 Å². The largest absolute Gasteiger partial charge is 0.336 e. The van der Waals surface area contributed by atoms with Gasteiger partial charge in [0.15, 0.2) is 9.84 Å². The molecule has 0 spiro atoms. The van der Waals surface area contributed by atoms with Gasteiger partial charge in [0.05, 0.1) is 36.4 Å². The van der Waals surface area contributed by atoms with Gasteiger partial charge in [-0.05, 0) is 43.9 Å². The molecule has 1 atom stereocenters. The van der Waals surface area contributed by atoms with E-state index < -0.39 is 17.4 Å². The Balaban J connectivity index is 1.81. The Hall–Kier alpha value is -1.09. The van der Waals surface area contributed by atoms with Crippen LogP contribution in [0.2, 0.25) is 4.34 Å². The number of nitrogens with zero attached hydrogens (tertiary/aromatic N) is 1. The van der Waals surface area contributed by atoms with Crippen LogP contribution in [-0.4, -0.2) is 38.7 Å². The molecule has 1 fully saturated rings. The number of Topliss-reactive ketones (excluding diaryl/α,β-unsaturated/α-hetero) is 1. The number of halogens is 1. The molecule has 194 valence electrons. The highest BCUT2D eigenvalue weighted by Crippen LogP contribution is 2.52. The van der Waals surface area contributed by atoms with Crippen molar-refractivity contribution in [3.05, 3.63) is 44.9 Å². The number of rotatable bonds is 13. The summed E-state index contributed by atoms with van der Waals surface area (Å²) >= 11 is 7.59. The van der Waals surface area contributed by atoms with Crippen LogP contribution in [-0.2, 0) is 40.8 Å². The lowest BCUT2D eigenvalue weighted by atomic mass is 9.84. The van der Waals surface area contributed by atoms with Crippen molar-refractivity contribution in [2.45, 2.75) is 69.3 Å². The Morgan fingerprint density at radius 1 is 1.17 bits per heavy atom. The molecule has 2 aromatic rings. The zero-order valence-corrected chi connectivity index (χ0v) is 23.6. The maximum atomic E-state index is 13.5. The second-order valence-electron chi connectivity index (χ2n) is 8.86. The first-order valence-corrected chi connectivity index (χ1v) is 16.7. The molecule has 1 aromatic heterocycles. The summed E-state index contributed by atoms with van der Waals surface area (Å²) in [6.07, 6.45) is 6.49. The molecule has 1 heterocycles. The fraction of sp³-hybridized carbons (Fsp3) is 0.583. The summed E-state index contributed by atoms with van der Waals surface area (Å²) in [5.41, 5.74) is 1.23. The molecule has 1 saturated carbocycles. The molecular weight excluding hydrogens is 529 g/mol. The van der Waals surface area contributed by atoms with E-state index in [9.17, 15) is 17.8 Å². The van der Waals surface area contributed by atoms with Crippen LogP contribution in [0.15, 0.2) is 29.2 Å². The van der Waals surface area contributed by atoms with Crippen LogP contribution in [0.25, 0.3) is 0 Å². The molecule has 0 amide bonds. The zero-order valence-electron chi connectivity index (χ0n) is 20.4. The third-order valence-corrected chi connectivity index (χ3v) is 10.6. The molecule has 0 aliphatic heterocycles. The summed E-state index contributed by atoms with van der Waals surface area (Å²) < 4.78 is 47.7. The summed E-state index contributed by atoms with van der Waals surface area (Å²) in [6.45, 7) is 3.97. The van der Waals surface area contributed by atoms with Crippen LogP contribution in [0.5, 0.6) is 0 Å². The topological polar surface area (TPSA) is 99.6 Å². The highest BCUT2D eigenvalue weighted by atomic mass is 35.5. The van der Waals surface area contributed by atoms with Crippen molar-refractivity contribution in [2.24, 2.45) is 5.92 Å². The van der Waals surface area contributed by atoms with Gasteiger partial charge < -0.3 is 9.05 Å². The predicted molar refractivity (Wildman–Crippen MR) is 139 cm³/mol. The number of carbonyl (C=O) groups excluding carboxylic acids is 1. The van der Waals surface area contributed by atoms with Gasteiger partial charge in [0.1, 0.15) is 15.1 Å². The molecule has 35 heavy (non-hydrogen) atoms. The van der Waals surface area contributed by atoms with Gasteiger partial charge >= 0.3 is 7.60 Å². The van der Waals surface area contributed by atoms with Gasteiger partial charge in [-0.15, -0.1) is 11.3 Å². The van der Waals surface area contributed by atoms with Crippen molar-refractivity contribution in [3.63, 3.8) is 0 Å². The Labute approximate surface area is 217 Å². The summed E-state index contributed by atoms with van der Waals surface area (Å²) in [7, 11) is -6.68. The number of sulfone groups is 1. The second-order valence-corrected chi connectivity index (χ2v) is 14.6. The molecule has 0 unspecified atom stereocenters. The van der Waals surface area contributed by atoms with E-state index in [0.29, 0.717) is 21.0 Å². The summed E-state index contributed by atoms with van der Waals surface area (Å²) in [5.74, 6) is 0.131. The van der Waals surface area contributed by atoms with Gasteiger partial charge in [0.25, 0.3) is 0 Å². The minimum absolute atomic E-state index is 0.0128. The standard InChI is InChI=1S/C24H33ClNO6PS2/c1-4-31-33(28,32-5-2)16-21-24(25)34-23(26-21)15-22(27)20(14-17-8-6-7-9-17)18-10-12-19(13-11-18)35(3,29)30/h10-13,17,20H,4-9,14-16H2,1-3H3/t20-/m1/s1. The van der Waals surface area contributed by atoms with Crippen molar-refractivity contribution in [2.75, 3.05) is 19.5 Å². The molecule has 1 aromatic carbocycles. The highest BCUT2D eigenvalue weighted by molar-refractivity contribution is 7.90. The second kappa shape index (κ2) is 12.4. The van der Waals surface area contributed by atoms with Gasteiger partial charge in [-0.1, -0.05) is 49.4 Å². The molecule has 0 saturated heterocycles. The number of hydrogen-bond donors (Lipinski definition) is 0. The molecule has 1 aliphatic carbocycles. The molecule has 7 nitrogen and oxygen atoms in total. The van der Waals surface area contributed by atoms with Gasteiger partial charge in [-0.3, -0.25) is 9.36 Å². The lowest BCUT2D eigenvalue weighted by Gasteiger charge is -2.20. The number of hydrogen-bond acceptors (Lipinski definition) is 8. The third kappa shape index (κ3) is 7.94. The fourth-order valence-corrected chi connectivity index (χ4v) is 8.17. The molecule has 11 heteroatoms. The number of benzene rings is 1. The first-order valence-electron chi connectivity index (χ1n) is 11.9. The predicted octanol–water partition coefficient (Wildman–Crippen LogP) is 6.44. The Morgan fingerprint density at radius 3 is 2.31 bits per heavy atom. The van der Waals surface area contributed by atoms with Crippen molar-refractivity contribution in [3.8, 4) is 0 Å². The van der Waals surface area contributed by atoms with Crippen LogP contribution in [0, 0.1) is 5.92 Å². The number of carbonyl (C=O) groups is 1. The van der Waals surface area contributed by atoms with Crippen LogP contribution in [0.4, 0.5) is 0 Å².